The molecule has 0 aromatic heterocycles. The van der Waals surface area contributed by atoms with Crippen LogP contribution in [0.4, 0.5) is 0 Å². The molecule has 19 heavy (non-hydrogen) atoms. The Hall–Kier alpha value is -0.710. The lowest BCUT2D eigenvalue weighted by Gasteiger charge is -2.29. The molecule has 4 nitrogen and oxygen atoms in total. The average Bonchev–Trinajstić information content (AvgIpc) is 3.04. The van der Waals surface area contributed by atoms with Gasteiger partial charge in [-0.15, -0.1) is 11.8 Å². The van der Waals surface area contributed by atoms with Gasteiger partial charge in [-0.1, -0.05) is 12.8 Å². The standard InChI is InChI=1S/C14H23NO3S/c1-2-18-14(17)10-19-9-13(16)15(12-7-8-12)11-5-3-4-6-11/h11-12H,2-10H2,1H3. The number of carbonyl (C=O) groups is 2. The maximum Gasteiger partial charge on any atom is 0.315 e. The van der Waals surface area contributed by atoms with Gasteiger partial charge in [-0.25, -0.2) is 0 Å². The van der Waals surface area contributed by atoms with E-state index < -0.39 is 0 Å². The van der Waals surface area contributed by atoms with Crippen LogP contribution in [0.5, 0.6) is 0 Å². The van der Waals surface area contributed by atoms with Crippen LogP contribution in [0.15, 0.2) is 0 Å². The zero-order valence-electron chi connectivity index (χ0n) is 11.6. The Labute approximate surface area is 119 Å². The third-order valence-corrected chi connectivity index (χ3v) is 4.59. The van der Waals surface area contributed by atoms with Crippen LogP contribution in [-0.4, -0.2) is 47.0 Å². The Bertz CT molecular complexity index is 325. The fraction of sp³-hybridized carbons (Fsp3) is 0.857. The minimum absolute atomic E-state index is 0.212. The van der Waals surface area contributed by atoms with Crippen LogP contribution in [0.2, 0.25) is 0 Å². The molecule has 0 heterocycles. The maximum atomic E-state index is 12.3. The summed E-state index contributed by atoms with van der Waals surface area (Å²) < 4.78 is 4.86. The van der Waals surface area contributed by atoms with Crippen LogP contribution in [0.3, 0.4) is 0 Å². The van der Waals surface area contributed by atoms with E-state index in [1.807, 2.05) is 0 Å². The molecule has 2 aliphatic rings. The largest absolute Gasteiger partial charge is 0.465 e. The van der Waals surface area contributed by atoms with E-state index >= 15 is 0 Å². The fourth-order valence-corrected chi connectivity index (χ4v) is 3.42. The number of nitrogens with zero attached hydrogens (tertiary/aromatic N) is 1. The molecule has 0 aromatic carbocycles. The van der Waals surface area contributed by atoms with Crippen molar-refractivity contribution in [1.82, 2.24) is 4.90 Å². The summed E-state index contributed by atoms with van der Waals surface area (Å²) in [7, 11) is 0. The van der Waals surface area contributed by atoms with Gasteiger partial charge in [0.2, 0.25) is 5.91 Å². The third kappa shape index (κ3) is 4.41. The van der Waals surface area contributed by atoms with Crippen LogP contribution in [0.25, 0.3) is 0 Å². The molecule has 0 N–H and O–H groups in total. The lowest BCUT2D eigenvalue weighted by molar-refractivity contribution is -0.139. The number of carbonyl (C=O) groups excluding carboxylic acids is 2. The van der Waals surface area contributed by atoms with Crippen LogP contribution >= 0.6 is 11.8 Å². The molecule has 0 saturated heterocycles. The van der Waals surface area contributed by atoms with Crippen molar-refractivity contribution in [1.29, 1.82) is 0 Å². The number of hydrogen-bond acceptors (Lipinski definition) is 4. The van der Waals surface area contributed by atoms with E-state index in [4.69, 9.17) is 4.74 Å². The van der Waals surface area contributed by atoms with Gasteiger partial charge in [0.25, 0.3) is 0 Å². The molecule has 0 bridgehead atoms. The predicted molar refractivity (Wildman–Crippen MR) is 76.1 cm³/mol. The Kier molecular flexibility index (Phi) is 5.55. The highest BCUT2D eigenvalue weighted by atomic mass is 32.2. The molecular weight excluding hydrogens is 262 g/mol. The molecule has 2 fully saturated rings. The van der Waals surface area contributed by atoms with Crippen molar-refractivity contribution in [2.75, 3.05) is 18.1 Å². The van der Waals surface area contributed by atoms with Crippen LogP contribution in [-0.2, 0) is 14.3 Å². The topological polar surface area (TPSA) is 46.6 Å². The van der Waals surface area contributed by atoms with Crippen molar-refractivity contribution in [2.45, 2.75) is 57.5 Å². The highest BCUT2D eigenvalue weighted by molar-refractivity contribution is 8.00. The highest BCUT2D eigenvalue weighted by Gasteiger charge is 2.37. The normalized spacial score (nSPS) is 19.4. The van der Waals surface area contributed by atoms with Crippen LogP contribution in [0.1, 0.15) is 45.4 Å². The molecule has 2 rings (SSSR count). The summed E-state index contributed by atoms with van der Waals surface area (Å²) in [5, 5.41) is 0. The monoisotopic (exact) mass is 285 g/mol. The van der Waals surface area contributed by atoms with E-state index in [2.05, 4.69) is 4.90 Å². The minimum Gasteiger partial charge on any atom is -0.465 e. The zero-order chi connectivity index (χ0) is 13.7. The predicted octanol–water partition coefficient (Wildman–Crippen LogP) is 2.22. The van der Waals surface area contributed by atoms with Gasteiger partial charge < -0.3 is 9.64 Å². The first-order valence-corrected chi connectivity index (χ1v) is 8.42. The molecular formula is C14H23NO3S. The van der Waals surface area contributed by atoms with Gasteiger partial charge in [0, 0.05) is 12.1 Å². The highest BCUT2D eigenvalue weighted by Crippen LogP contribution is 2.34. The first kappa shape index (κ1) is 14.7. The van der Waals surface area contributed by atoms with E-state index in [0.29, 0.717) is 24.4 Å². The van der Waals surface area contributed by atoms with Crippen molar-refractivity contribution in [3.8, 4) is 0 Å². The summed E-state index contributed by atoms with van der Waals surface area (Å²) in [6, 6.07) is 0.946. The van der Waals surface area contributed by atoms with E-state index in [1.54, 1.807) is 6.92 Å². The van der Waals surface area contributed by atoms with E-state index in [9.17, 15) is 9.59 Å². The van der Waals surface area contributed by atoms with Gasteiger partial charge in [-0.05, 0) is 32.6 Å². The molecule has 0 atom stereocenters. The number of ether oxygens (including phenoxy) is 1. The third-order valence-electron chi connectivity index (χ3n) is 3.70. The molecule has 0 unspecified atom stereocenters. The van der Waals surface area contributed by atoms with Gasteiger partial charge >= 0.3 is 5.97 Å². The number of esters is 1. The molecule has 0 radical (unpaired) electrons. The summed E-state index contributed by atoms with van der Waals surface area (Å²) in [4.78, 5) is 25.6. The quantitative estimate of drug-likeness (QED) is 0.673. The zero-order valence-corrected chi connectivity index (χ0v) is 12.4. The van der Waals surface area contributed by atoms with Crippen molar-refractivity contribution < 1.29 is 14.3 Å². The Morgan fingerprint density at radius 3 is 2.32 bits per heavy atom. The van der Waals surface area contributed by atoms with Gasteiger partial charge in [0.15, 0.2) is 0 Å². The molecule has 5 heteroatoms. The molecule has 0 spiro atoms. The smallest absolute Gasteiger partial charge is 0.315 e. The maximum absolute atomic E-state index is 12.3. The average molecular weight is 285 g/mol. The molecule has 0 aliphatic heterocycles. The summed E-state index contributed by atoms with van der Waals surface area (Å²) in [5.41, 5.74) is 0. The first-order valence-electron chi connectivity index (χ1n) is 7.27. The lowest BCUT2D eigenvalue weighted by Crippen LogP contribution is -2.41. The van der Waals surface area contributed by atoms with Crippen molar-refractivity contribution in [2.24, 2.45) is 0 Å². The molecule has 2 saturated carbocycles. The number of thioether (sulfide) groups is 1. The molecule has 108 valence electrons. The van der Waals surface area contributed by atoms with E-state index in [0.717, 1.165) is 25.7 Å². The summed E-state index contributed by atoms with van der Waals surface area (Å²) in [6.45, 7) is 2.20. The van der Waals surface area contributed by atoms with E-state index in [-0.39, 0.29) is 17.6 Å². The Morgan fingerprint density at radius 1 is 1.11 bits per heavy atom. The lowest BCUT2D eigenvalue weighted by atomic mass is 10.2. The SMILES string of the molecule is CCOC(=O)CSCC(=O)N(C1CCCC1)C1CC1. The molecule has 0 aromatic rings. The van der Waals surface area contributed by atoms with Crippen molar-refractivity contribution in [3.63, 3.8) is 0 Å². The molecule has 2 aliphatic carbocycles. The van der Waals surface area contributed by atoms with Gasteiger partial charge in [-0.2, -0.15) is 0 Å². The summed E-state index contributed by atoms with van der Waals surface area (Å²) in [6.07, 6.45) is 7.12. The van der Waals surface area contributed by atoms with Gasteiger partial charge in [-0.3, -0.25) is 9.59 Å². The number of hydrogen-bond donors (Lipinski definition) is 0. The summed E-state index contributed by atoms with van der Waals surface area (Å²) >= 11 is 1.38. The Morgan fingerprint density at radius 2 is 1.74 bits per heavy atom. The number of amides is 1. The van der Waals surface area contributed by atoms with Gasteiger partial charge in [0.05, 0.1) is 18.1 Å². The second-order valence-electron chi connectivity index (χ2n) is 5.27. The number of rotatable bonds is 7. The Balaban J connectivity index is 1.74. The fourth-order valence-electron chi connectivity index (χ4n) is 2.74. The first-order chi connectivity index (χ1) is 9.22. The van der Waals surface area contributed by atoms with Gasteiger partial charge in [0.1, 0.15) is 0 Å². The van der Waals surface area contributed by atoms with E-state index in [1.165, 1.54) is 24.6 Å². The van der Waals surface area contributed by atoms with Crippen molar-refractivity contribution >= 4 is 23.6 Å². The second kappa shape index (κ2) is 7.17. The summed E-state index contributed by atoms with van der Waals surface area (Å²) in [5.74, 6) is 0.678. The van der Waals surface area contributed by atoms with Crippen molar-refractivity contribution in [3.05, 3.63) is 0 Å². The van der Waals surface area contributed by atoms with Crippen LogP contribution < -0.4 is 0 Å². The second-order valence-corrected chi connectivity index (χ2v) is 6.25. The van der Waals surface area contributed by atoms with Crippen LogP contribution in [0, 0.1) is 0 Å². The molecule has 1 amide bonds. The minimum atomic E-state index is -0.223.